The lowest BCUT2D eigenvalue weighted by Gasteiger charge is -2.31. The van der Waals surface area contributed by atoms with Gasteiger partial charge in [-0.25, -0.2) is 0 Å². The summed E-state index contributed by atoms with van der Waals surface area (Å²) in [4.78, 5) is 26.4. The molecular weight excluding hydrogens is 325 g/mol. The minimum absolute atomic E-state index is 0.0371. The SMILES string of the molecule is CC(C)[C@H](N)C(=O)N1CC[C@H]2[C@@H]1CN[C@@]2(CCCCB(O)O)C(=O)O. The predicted octanol–water partition coefficient (Wildman–Crippen LogP) is -0.743. The molecule has 2 fully saturated rings. The Bertz CT molecular complexity index is 504. The Morgan fingerprint density at radius 2 is 2.04 bits per heavy atom. The van der Waals surface area contributed by atoms with Crippen molar-refractivity contribution in [1.29, 1.82) is 0 Å². The van der Waals surface area contributed by atoms with Crippen LogP contribution in [0.25, 0.3) is 0 Å². The van der Waals surface area contributed by atoms with E-state index in [1.165, 1.54) is 0 Å². The number of carbonyl (C=O) groups excluding carboxylic acids is 1. The van der Waals surface area contributed by atoms with Gasteiger partial charge in [0.05, 0.1) is 6.04 Å². The first-order valence-corrected chi connectivity index (χ1v) is 9.11. The fourth-order valence-corrected chi connectivity index (χ4v) is 4.19. The molecule has 2 aliphatic heterocycles. The van der Waals surface area contributed by atoms with Crippen LogP contribution in [0.2, 0.25) is 6.32 Å². The topological polar surface area (TPSA) is 136 Å². The standard InChI is InChI=1S/C16H30BN3O5/c1-10(2)13(18)14(21)20-8-5-11-12(20)9-19-16(11,15(22)23)6-3-4-7-17(24)25/h10-13,19,24-25H,3-9,18H2,1-2H3,(H,22,23)/t11-,12-,13-,16+/m0/s1. The molecule has 0 aliphatic carbocycles. The monoisotopic (exact) mass is 355 g/mol. The lowest BCUT2D eigenvalue weighted by molar-refractivity contribution is -0.147. The molecule has 0 unspecified atom stereocenters. The van der Waals surface area contributed by atoms with E-state index in [0.29, 0.717) is 38.8 Å². The number of likely N-dealkylation sites (tertiary alicyclic amines) is 1. The summed E-state index contributed by atoms with van der Waals surface area (Å²) < 4.78 is 0. The average molecular weight is 355 g/mol. The zero-order chi connectivity index (χ0) is 18.8. The van der Waals surface area contributed by atoms with E-state index >= 15 is 0 Å². The quantitative estimate of drug-likeness (QED) is 0.286. The maximum atomic E-state index is 12.6. The van der Waals surface area contributed by atoms with Crippen molar-refractivity contribution >= 4 is 19.0 Å². The Balaban J connectivity index is 2.06. The summed E-state index contributed by atoms with van der Waals surface area (Å²) in [6, 6.07) is -0.707. The molecule has 4 atom stereocenters. The Kier molecular flexibility index (Phi) is 6.48. The van der Waals surface area contributed by atoms with Crippen LogP contribution >= 0.6 is 0 Å². The zero-order valence-corrected chi connectivity index (χ0v) is 15.0. The number of rotatable bonds is 8. The third kappa shape index (κ3) is 4.00. The van der Waals surface area contributed by atoms with Gasteiger partial charge in [0.1, 0.15) is 5.54 Å². The maximum absolute atomic E-state index is 12.6. The van der Waals surface area contributed by atoms with Crippen molar-refractivity contribution in [1.82, 2.24) is 10.2 Å². The molecule has 0 bridgehead atoms. The van der Waals surface area contributed by atoms with Crippen molar-refractivity contribution in [2.45, 2.75) is 63.5 Å². The summed E-state index contributed by atoms with van der Waals surface area (Å²) in [5.41, 5.74) is 4.95. The largest absolute Gasteiger partial charge is 0.480 e. The Hall–Kier alpha value is -1.16. The fraction of sp³-hybridized carbons (Fsp3) is 0.875. The molecule has 0 aromatic carbocycles. The highest BCUT2D eigenvalue weighted by molar-refractivity contribution is 6.40. The molecule has 0 radical (unpaired) electrons. The van der Waals surface area contributed by atoms with Crippen molar-refractivity contribution in [3.8, 4) is 0 Å². The van der Waals surface area contributed by atoms with Crippen molar-refractivity contribution in [2.24, 2.45) is 17.6 Å². The molecule has 2 saturated heterocycles. The number of carbonyl (C=O) groups is 2. The van der Waals surface area contributed by atoms with E-state index in [-0.39, 0.29) is 30.1 Å². The number of nitrogens with two attached hydrogens (primary N) is 1. The van der Waals surface area contributed by atoms with E-state index in [9.17, 15) is 14.7 Å². The van der Waals surface area contributed by atoms with Gasteiger partial charge < -0.3 is 25.8 Å². The highest BCUT2D eigenvalue weighted by Gasteiger charge is 2.58. The Labute approximate surface area is 148 Å². The van der Waals surface area contributed by atoms with Crippen LogP contribution in [0, 0.1) is 11.8 Å². The zero-order valence-electron chi connectivity index (χ0n) is 15.0. The smallest absolute Gasteiger partial charge is 0.451 e. The van der Waals surface area contributed by atoms with Gasteiger partial charge in [0.2, 0.25) is 5.91 Å². The number of fused-ring (bicyclic) bond motifs is 1. The lowest BCUT2D eigenvalue weighted by atomic mass is 9.77. The van der Waals surface area contributed by atoms with E-state index in [1.54, 1.807) is 4.90 Å². The molecule has 142 valence electrons. The maximum Gasteiger partial charge on any atom is 0.451 e. The third-order valence-corrected chi connectivity index (χ3v) is 5.76. The minimum Gasteiger partial charge on any atom is -0.480 e. The van der Waals surface area contributed by atoms with Crippen molar-refractivity contribution < 1.29 is 24.7 Å². The Morgan fingerprint density at radius 3 is 2.60 bits per heavy atom. The van der Waals surface area contributed by atoms with Crippen LogP contribution in [0.1, 0.15) is 39.5 Å². The van der Waals surface area contributed by atoms with Crippen molar-refractivity contribution in [3.63, 3.8) is 0 Å². The van der Waals surface area contributed by atoms with Gasteiger partial charge in [-0.2, -0.15) is 0 Å². The summed E-state index contributed by atoms with van der Waals surface area (Å²) >= 11 is 0. The van der Waals surface area contributed by atoms with Crippen LogP contribution < -0.4 is 11.1 Å². The van der Waals surface area contributed by atoms with Crippen LogP contribution in [0.15, 0.2) is 0 Å². The van der Waals surface area contributed by atoms with E-state index in [2.05, 4.69) is 5.32 Å². The summed E-state index contributed by atoms with van der Waals surface area (Å²) in [5, 5.41) is 30.9. The molecule has 0 aromatic heterocycles. The highest BCUT2D eigenvalue weighted by Crippen LogP contribution is 2.41. The van der Waals surface area contributed by atoms with E-state index in [4.69, 9.17) is 15.8 Å². The number of nitrogens with zero attached hydrogens (tertiary/aromatic N) is 1. The molecule has 1 amide bonds. The van der Waals surface area contributed by atoms with Crippen LogP contribution in [0.3, 0.4) is 0 Å². The van der Waals surface area contributed by atoms with Crippen molar-refractivity contribution in [3.05, 3.63) is 0 Å². The molecular formula is C16H30BN3O5. The summed E-state index contributed by atoms with van der Waals surface area (Å²) in [7, 11) is -1.36. The second kappa shape index (κ2) is 8.03. The van der Waals surface area contributed by atoms with E-state index < -0.39 is 24.7 Å². The first-order valence-electron chi connectivity index (χ1n) is 9.11. The van der Waals surface area contributed by atoms with Gasteiger partial charge in [-0.1, -0.05) is 26.7 Å². The third-order valence-electron chi connectivity index (χ3n) is 5.76. The van der Waals surface area contributed by atoms with Crippen LogP contribution in [0.4, 0.5) is 0 Å². The van der Waals surface area contributed by atoms with E-state index in [0.717, 1.165) is 0 Å². The first kappa shape index (κ1) is 20.2. The second-order valence-electron chi connectivity index (χ2n) is 7.65. The van der Waals surface area contributed by atoms with Crippen molar-refractivity contribution in [2.75, 3.05) is 13.1 Å². The second-order valence-corrected chi connectivity index (χ2v) is 7.65. The van der Waals surface area contributed by atoms with Crippen LogP contribution in [-0.2, 0) is 9.59 Å². The number of hydrogen-bond donors (Lipinski definition) is 5. The number of aliphatic carboxylic acids is 1. The average Bonchev–Trinajstić information content (AvgIpc) is 3.11. The summed E-state index contributed by atoms with van der Waals surface area (Å²) in [5.74, 6) is -1.11. The summed E-state index contributed by atoms with van der Waals surface area (Å²) in [6.07, 6.45) is 2.42. The van der Waals surface area contributed by atoms with Gasteiger partial charge >= 0.3 is 13.1 Å². The van der Waals surface area contributed by atoms with Gasteiger partial charge in [0, 0.05) is 25.0 Å². The molecule has 0 aromatic rings. The first-order chi connectivity index (χ1) is 11.7. The normalized spacial score (nSPS) is 29.8. The molecule has 6 N–H and O–H groups in total. The Morgan fingerprint density at radius 1 is 1.36 bits per heavy atom. The van der Waals surface area contributed by atoms with Crippen LogP contribution in [0.5, 0.6) is 0 Å². The van der Waals surface area contributed by atoms with E-state index in [1.807, 2.05) is 13.8 Å². The number of nitrogens with one attached hydrogen (secondary N) is 1. The molecule has 25 heavy (non-hydrogen) atoms. The fourth-order valence-electron chi connectivity index (χ4n) is 4.19. The molecule has 9 heteroatoms. The molecule has 2 heterocycles. The number of amides is 1. The molecule has 0 spiro atoms. The summed E-state index contributed by atoms with van der Waals surface area (Å²) in [6.45, 7) is 4.80. The number of unbranched alkanes of at least 4 members (excludes halogenated alkanes) is 1. The predicted molar refractivity (Wildman–Crippen MR) is 93.6 cm³/mol. The minimum atomic E-state index is -1.36. The van der Waals surface area contributed by atoms with Gasteiger partial charge in [-0.15, -0.1) is 0 Å². The molecule has 2 rings (SSSR count). The number of carboxylic acids is 1. The molecule has 8 nitrogen and oxygen atoms in total. The molecule has 2 aliphatic rings. The van der Waals surface area contributed by atoms with Gasteiger partial charge in [0.15, 0.2) is 0 Å². The van der Waals surface area contributed by atoms with Gasteiger partial charge in [-0.3, -0.25) is 14.9 Å². The number of hydrogen-bond acceptors (Lipinski definition) is 6. The highest BCUT2D eigenvalue weighted by atomic mass is 16.4. The van der Waals surface area contributed by atoms with Gasteiger partial charge in [0.25, 0.3) is 0 Å². The molecule has 0 saturated carbocycles. The number of carboxylic acid groups (broad SMARTS) is 1. The lowest BCUT2D eigenvalue weighted by Crippen LogP contribution is -2.52. The van der Waals surface area contributed by atoms with Gasteiger partial charge in [-0.05, 0) is 25.1 Å². The van der Waals surface area contributed by atoms with Crippen LogP contribution in [-0.4, -0.2) is 69.8 Å².